The zero-order chi connectivity index (χ0) is 18.9. The van der Waals surface area contributed by atoms with Crippen LogP contribution >= 0.6 is 23.1 Å². The quantitative estimate of drug-likeness (QED) is 0.443. The van der Waals surface area contributed by atoms with Crippen LogP contribution in [0.4, 0.5) is 5.13 Å². The fourth-order valence-electron chi connectivity index (χ4n) is 2.27. The van der Waals surface area contributed by atoms with Gasteiger partial charge in [0, 0.05) is 25.6 Å². The first-order valence-electron chi connectivity index (χ1n) is 8.40. The molecule has 0 atom stereocenters. The highest BCUT2D eigenvalue weighted by Gasteiger charge is 2.35. The van der Waals surface area contributed by atoms with Crippen molar-refractivity contribution in [1.29, 1.82) is 10.5 Å². The summed E-state index contributed by atoms with van der Waals surface area (Å²) in [7, 11) is 0. The van der Waals surface area contributed by atoms with E-state index in [9.17, 15) is 9.59 Å². The summed E-state index contributed by atoms with van der Waals surface area (Å²) in [5.41, 5.74) is 0. The SMILES string of the molecule is CCC(=O)N(c1nnc(SCC(=O)N(CCC#N)CCC#N)s1)C1CC1. The van der Waals surface area contributed by atoms with Crippen molar-refractivity contribution in [2.24, 2.45) is 0 Å². The van der Waals surface area contributed by atoms with Gasteiger partial charge in [0.1, 0.15) is 0 Å². The Hall–Kier alpha value is -2.17. The first-order valence-corrected chi connectivity index (χ1v) is 10.2. The van der Waals surface area contributed by atoms with Crippen LogP contribution in [0, 0.1) is 22.7 Å². The number of carbonyl (C=O) groups excluding carboxylic acids is 2. The van der Waals surface area contributed by atoms with E-state index in [-0.39, 0.29) is 36.5 Å². The number of rotatable bonds is 10. The van der Waals surface area contributed by atoms with Gasteiger partial charge in [0.25, 0.3) is 0 Å². The minimum atomic E-state index is -0.138. The molecule has 0 aromatic carbocycles. The van der Waals surface area contributed by atoms with Crippen LogP contribution in [0.25, 0.3) is 0 Å². The lowest BCUT2D eigenvalue weighted by Crippen LogP contribution is -2.34. The molecule has 26 heavy (non-hydrogen) atoms. The van der Waals surface area contributed by atoms with Gasteiger partial charge < -0.3 is 4.90 Å². The van der Waals surface area contributed by atoms with E-state index < -0.39 is 0 Å². The van der Waals surface area contributed by atoms with E-state index >= 15 is 0 Å². The first-order chi connectivity index (χ1) is 12.6. The van der Waals surface area contributed by atoms with Crippen LogP contribution in [-0.2, 0) is 9.59 Å². The monoisotopic (exact) mass is 392 g/mol. The topological polar surface area (TPSA) is 114 Å². The maximum atomic E-state index is 12.3. The molecular formula is C16H20N6O2S2. The Morgan fingerprint density at radius 3 is 2.38 bits per heavy atom. The second-order valence-electron chi connectivity index (χ2n) is 5.68. The molecule has 0 unspecified atom stereocenters. The maximum absolute atomic E-state index is 12.3. The van der Waals surface area contributed by atoms with E-state index in [1.807, 2.05) is 19.1 Å². The van der Waals surface area contributed by atoms with Gasteiger partial charge in [-0.2, -0.15) is 10.5 Å². The summed E-state index contributed by atoms with van der Waals surface area (Å²) in [6.07, 6.45) is 2.86. The Kier molecular flexibility index (Phi) is 7.82. The highest BCUT2D eigenvalue weighted by atomic mass is 32.2. The molecule has 1 aliphatic rings. The molecule has 8 nitrogen and oxygen atoms in total. The smallest absolute Gasteiger partial charge is 0.233 e. The molecule has 2 amide bonds. The maximum Gasteiger partial charge on any atom is 0.233 e. The number of nitriles is 2. The summed E-state index contributed by atoms with van der Waals surface area (Å²) in [5.74, 6) is 0.0628. The molecule has 0 saturated heterocycles. The van der Waals surface area contributed by atoms with Crippen molar-refractivity contribution in [3.05, 3.63) is 0 Å². The molecule has 1 fully saturated rings. The van der Waals surface area contributed by atoms with Crippen LogP contribution in [0.5, 0.6) is 0 Å². The van der Waals surface area contributed by atoms with E-state index in [0.717, 1.165) is 12.8 Å². The van der Waals surface area contributed by atoms with Gasteiger partial charge >= 0.3 is 0 Å². The minimum absolute atomic E-state index is 0.0375. The number of anilines is 1. The highest BCUT2D eigenvalue weighted by Crippen LogP contribution is 2.36. The highest BCUT2D eigenvalue weighted by molar-refractivity contribution is 8.01. The van der Waals surface area contributed by atoms with E-state index in [2.05, 4.69) is 10.2 Å². The van der Waals surface area contributed by atoms with Crippen molar-refractivity contribution in [3.63, 3.8) is 0 Å². The van der Waals surface area contributed by atoms with Crippen LogP contribution in [0.1, 0.15) is 39.0 Å². The molecule has 1 heterocycles. The lowest BCUT2D eigenvalue weighted by molar-refractivity contribution is -0.128. The molecule has 1 aliphatic carbocycles. The summed E-state index contributed by atoms with van der Waals surface area (Å²) in [6, 6.07) is 4.24. The van der Waals surface area contributed by atoms with Gasteiger partial charge in [-0.1, -0.05) is 30.0 Å². The summed E-state index contributed by atoms with van der Waals surface area (Å²) in [6.45, 7) is 2.46. The predicted octanol–water partition coefficient (Wildman–Crippen LogP) is 2.19. The largest absolute Gasteiger partial charge is 0.340 e. The summed E-state index contributed by atoms with van der Waals surface area (Å²) in [4.78, 5) is 27.7. The fraction of sp³-hybridized carbons (Fsp3) is 0.625. The Bertz CT molecular complexity index is 701. The number of nitrogens with zero attached hydrogens (tertiary/aromatic N) is 6. The average Bonchev–Trinajstić information content (AvgIpc) is 3.37. The van der Waals surface area contributed by atoms with Crippen molar-refractivity contribution in [1.82, 2.24) is 15.1 Å². The van der Waals surface area contributed by atoms with Crippen LogP contribution in [0.2, 0.25) is 0 Å². The van der Waals surface area contributed by atoms with Crippen molar-refractivity contribution < 1.29 is 9.59 Å². The van der Waals surface area contributed by atoms with E-state index in [4.69, 9.17) is 10.5 Å². The Labute approximate surface area is 160 Å². The van der Waals surface area contributed by atoms with Crippen LogP contribution < -0.4 is 4.90 Å². The Morgan fingerprint density at radius 2 is 1.85 bits per heavy atom. The summed E-state index contributed by atoms with van der Waals surface area (Å²) in [5, 5.41) is 26.2. The molecule has 0 aliphatic heterocycles. The number of amides is 2. The second-order valence-corrected chi connectivity index (χ2v) is 7.86. The lowest BCUT2D eigenvalue weighted by atomic mass is 10.3. The molecule has 1 aromatic rings. The van der Waals surface area contributed by atoms with Gasteiger partial charge in [0.05, 0.1) is 30.7 Å². The van der Waals surface area contributed by atoms with E-state index in [0.29, 0.717) is 29.0 Å². The number of carbonyl (C=O) groups is 2. The standard InChI is InChI=1S/C16H20N6O2S2/c1-2-13(23)22(12-5-6-12)15-19-20-16(26-15)25-11-14(24)21(9-3-7-17)10-4-8-18/h12H,2-6,9-11H2,1H3. The Balaban J connectivity index is 1.93. The van der Waals surface area contributed by atoms with Crippen LogP contribution in [-0.4, -0.2) is 51.8 Å². The molecule has 138 valence electrons. The minimum Gasteiger partial charge on any atom is -0.340 e. The number of aromatic nitrogens is 2. The molecule has 0 radical (unpaired) electrons. The molecule has 0 N–H and O–H groups in total. The summed E-state index contributed by atoms with van der Waals surface area (Å²) >= 11 is 2.58. The average molecular weight is 393 g/mol. The van der Waals surface area contributed by atoms with Crippen LogP contribution in [0.3, 0.4) is 0 Å². The fourth-order valence-corrected chi connectivity index (χ4v) is 4.11. The number of thioether (sulfide) groups is 1. The van der Waals surface area contributed by atoms with E-state index in [1.54, 1.807) is 4.90 Å². The normalized spacial score (nSPS) is 12.9. The molecule has 2 rings (SSSR count). The molecule has 10 heteroatoms. The predicted molar refractivity (Wildman–Crippen MR) is 98.5 cm³/mol. The van der Waals surface area contributed by atoms with Gasteiger partial charge in [-0.05, 0) is 12.8 Å². The lowest BCUT2D eigenvalue weighted by Gasteiger charge is -2.19. The third-order valence-electron chi connectivity index (χ3n) is 3.74. The third kappa shape index (κ3) is 5.68. The zero-order valence-corrected chi connectivity index (χ0v) is 16.2. The van der Waals surface area contributed by atoms with Crippen molar-refractivity contribution >= 4 is 40.0 Å². The van der Waals surface area contributed by atoms with E-state index in [1.165, 1.54) is 28.0 Å². The molecule has 1 saturated carbocycles. The molecule has 0 spiro atoms. The van der Waals surface area contributed by atoms with Crippen molar-refractivity contribution in [2.45, 2.75) is 49.4 Å². The zero-order valence-electron chi connectivity index (χ0n) is 14.6. The molecule has 0 bridgehead atoms. The van der Waals surface area contributed by atoms with Gasteiger partial charge in [0.2, 0.25) is 16.9 Å². The van der Waals surface area contributed by atoms with Gasteiger partial charge in [-0.3, -0.25) is 14.5 Å². The van der Waals surface area contributed by atoms with Gasteiger partial charge in [-0.15, -0.1) is 10.2 Å². The number of hydrogen-bond acceptors (Lipinski definition) is 8. The second kappa shape index (κ2) is 10.1. The molecule has 1 aromatic heterocycles. The van der Waals surface area contributed by atoms with Gasteiger partial charge in [0.15, 0.2) is 4.34 Å². The van der Waals surface area contributed by atoms with Crippen molar-refractivity contribution in [2.75, 3.05) is 23.7 Å². The van der Waals surface area contributed by atoms with Crippen LogP contribution in [0.15, 0.2) is 4.34 Å². The number of hydrogen-bond donors (Lipinski definition) is 0. The summed E-state index contributed by atoms with van der Waals surface area (Å²) < 4.78 is 0.628. The Morgan fingerprint density at radius 1 is 1.19 bits per heavy atom. The third-order valence-corrected chi connectivity index (χ3v) is 5.78. The first kappa shape index (κ1) is 20.1. The van der Waals surface area contributed by atoms with Crippen molar-refractivity contribution in [3.8, 4) is 12.1 Å². The van der Waals surface area contributed by atoms with Gasteiger partial charge in [-0.25, -0.2) is 0 Å². The molecular weight excluding hydrogens is 372 g/mol.